The maximum atomic E-state index is 12.5. The lowest BCUT2D eigenvalue weighted by Crippen LogP contribution is -2.40. The molecule has 2 heterocycles. The molecule has 1 aliphatic rings. The van der Waals surface area contributed by atoms with Crippen LogP contribution in [0.3, 0.4) is 0 Å². The zero-order valence-corrected chi connectivity index (χ0v) is 14.5. The zero-order valence-electron chi connectivity index (χ0n) is 14.5. The van der Waals surface area contributed by atoms with E-state index >= 15 is 0 Å². The predicted octanol–water partition coefficient (Wildman–Crippen LogP) is 3.46. The van der Waals surface area contributed by atoms with Crippen LogP contribution in [0, 0.1) is 0 Å². The molecule has 0 unspecified atom stereocenters. The summed E-state index contributed by atoms with van der Waals surface area (Å²) in [4.78, 5) is 25.7. The van der Waals surface area contributed by atoms with Crippen molar-refractivity contribution in [3.8, 4) is 0 Å². The third-order valence-corrected chi connectivity index (χ3v) is 4.46. The molecule has 1 aromatic carbocycles. The first-order valence-electron chi connectivity index (χ1n) is 8.57. The SMILES string of the molecule is CCN(Cc1ccco1)C(=O)N[C@H](C)c1ccc2c(c1)CCC(=O)N2. The lowest BCUT2D eigenvalue weighted by Gasteiger charge is -2.24. The van der Waals surface area contributed by atoms with Gasteiger partial charge in [-0.3, -0.25) is 4.79 Å². The number of rotatable bonds is 5. The number of furan rings is 1. The molecule has 0 spiro atoms. The second kappa shape index (κ2) is 7.42. The van der Waals surface area contributed by atoms with Gasteiger partial charge in [0, 0.05) is 18.7 Å². The minimum Gasteiger partial charge on any atom is -0.467 e. The minimum absolute atomic E-state index is 0.0538. The summed E-state index contributed by atoms with van der Waals surface area (Å²) in [7, 11) is 0. The van der Waals surface area contributed by atoms with E-state index in [9.17, 15) is 9.59 Å². The number of carbonyl (C=O) groups is 2. The molecule has 3 rings (SSSR count). The van der Waals surface area contributed by atoms with Gasteiger partial charge in [-0.15, -0.1) is 0 Å². The van der Waals surface area contributed by atoms with Gasteiger partial charge in [0.15, 0.2) is 0 Å². The van der Waals surface area contributed by atoms with Crippen LogP contribution >= 0.6 is 0 Å². The van der Waals surface area contributed by atoms with Crippen LogP contribution in [0.4, 0.5) is 10.5 Å². The van der Waals surface area contributed by atoms with E-state index in [1.54, 1.807) is 11.2 Å². The number of nitrogens with zero attached hydrogens (tertiary/aromatic N) is 1. The summed E-state index contributed by atoms with van der Waals surface area (Å²) >= 11 is 0. The summed E-state index contributed by atoms with van der Waals surface area (Å²) in [5, 5.41) is 5.91. The Kier molecular flexibility index (Phi) is 5.07. The van der Waals surface area contributed by atoms with Crippen molar-refractivity contribution in [3.63, 3.8) is 0 Å². The van der Waals surface area contributed by atoms with Gasteiger partial charge in [-0.1, -0.05) is 12.1 Å². The van der Waals surface area contributed by atoms with E-state index in [4.69, 9.17) is 4.42 Å². The maximum absolute atomic E-state index is 12.5. The Morgan fingerprint density at radius 2 is 2.20 bits per heavy atom. The second-order valence-electron chi connectivity index (χ2n) is 6.23. The maximum Gasteiger partial charge on any atom is 0.318 e. The smallest absolute Gasteiger partial charge is 0.318 e. The number of hydrogen-bond acceptors (Lipinski definition) is 3. The quantitative estimate of drug-likeness (QED) is 0.874. The highest BCUT2D eigenvalue weighted by Crippen LogP contribution is 2.26. The molecule has 2 N–H and O–H groups in total. The lowest BCUT2D eigenvalue weighted by atomic mass is 9.98. The van der Waals surface area contributed by atoms with Crippen molar-refractivity contribution in [2.45, 2.75) is 39.3 Å². The molecular weight excluding hydrogens is 318 g/mol. The second-order valence-corrected chi connectivity index (χ2v) is 6.23. The van der Waals surface area contributed by atoms with E-state index in [2.05, 4.69) is 16.7 Å². The van der Waals surface area contributed by atoms with Crippen LogP contribution in [0.2, 0.25) is 0 Å². The summed E-state index contributed by atoms with van der Waals surface area (Å²) in [6.07, 6.45) is 2.84. The topological polar surface area (TPSA) is 74.6 Å². The average Bonchev–Trinajstić information content (AvgIpc) is 3.12. The van der Waals surface area contributed by atoms with Crippen molar-refractivity contribution in [1.29, 1.82) is 0 Å². The van der Waals surface area contributed by atoms with E-state index < -0.39 is 0 Å². The highest BCUT2D eigenvalue weighted by atomic mass is 16.3. The van der Waals surface area contributed by atoms with Crippen molar-refractivity contribution in [1.82, 2.24) is 10.2 Å². The number of carbonyl (C=O) groups excluding carboxylic acids is 2. The van der Waals surface area contributed by atoms with Gasteiger partial charge in [0.05, 0.1) is 18.8 Å². The van der Waals surface area contributed by atoms with E-state index in [-0.39, 0.29) is 18.0 Å². The monoisotopic (exact) mass is 341 g/mol. The highest BCUT2D eigenvalue weighted by molar-refractivity contribution is 5.93. The number of aryl methyl sites for hydroxylation is 1. The molecule has 0 radical (unpaired) electrons. The molecule has 132 valence electrons. The third-order valence-electron chi connectivity index (χ3n) is 4.46. The summed E-state index contributed by atoms with van der Waals surface area (Å²) in [5.41, 5.74) is 3.00. The number of benzene rings is 1. The molecule has 1 aromatic heterocycles. The van der Waals surface area contributed by atoms with E-state index in [0.29, 0.717) is 19.5 Å². The first-order chi connectivity index (χ1) is 12.1. The Bertz CT molecular complexity index is 755. The zero-order chi connectivity index (χ0) is 17.8. The molecule has 0 saturated carbocycles. The molecule has 0 saturated heterocycles. The number of urea groups is 1. The Labute approximate surface area is 147 Å². The largest absolute Gasteiger partial charge is 0.467 e. The number of fused-ring (bicyclic) bond motifs is 1. The van der Waals surface area contributed by atoms with Crippen LogP contribution in [-0.4, -0.2) is 23.4 Å². The first-order valence-corrected chi connectivity index (χ1v) is 8.57. The molecule has 0 bridgehead atoms. The van der Waals surface area contributed by atoms with Gasteiger partial charge in [-0.2, -0.15) is 0 Å². The van der Waals surface area contributed by atoms with Crippen LogP contribution in [0.5, 0.6) is 0 Å². The standard InChI is InChI=1S/C19H23N3O3/c1-3-22(12-16-5-4-10-25-16)19(24)20-13(2)14-6-8-17-15(11-14)7-9-18(23)21-17/h4-6,8,10-11,13H,3,7,9,12H2,1-2H3,(H,20,24)(H,21,23)/t13-/m1/s1. The van der Waals surface area contributed by atoms with Gasteiger partial charge >= 0.3 is 6.03 Å². The van der Waals surface area contributed by atoms with Gasteiger partial charge in [0.25, 0.3) is 0 Å². The summed E-state index contributed by atoms with van der Waals surface area (Å²) in [6, 6.07) is 9.33. The Balaban J connectivity index is 1.65. The lowest BCUT2D eigenvalue weighted by molar-refractivity contribution is -0.116. The van der Waals surface area contributed by atoms with Crippen LogP contribution in [-0.2, 0) is 17.8 Å². The van der Waals surface area contributed by atoms with Gasteiger partial charge < -0.3 is 20.0 Å². The first kappa shape index (κ1) is 17.1. The van der Waals surface area contributed by atoms with Crippen molar-refractivity contribution in [3.05, 3.63) is 53.5 Å². The Morgan fingerprint density at radius 3 is 2.92 bits per heavy atom. The molecule has 1 aliphatic heterocycles. The third kappa shape index (κ3) is 4.02. The molecule has 6 heteroatoms. The Hall–Kier alpha value is -2.76. The van der Waals surface area contributed by atoms with Gasteiger partial charge in [0.1, 0.15) is 5.76 Å². The molecule has 25 heavy (non-hydrogen) atoms. The van der Waals surface area contributed by atoms with Crippen LogP contribution < -0.4 is 10.6 Å². The fourth-order valence-electron chi connectivity index (χ4n) is 2.95. The summed E-state index contributed by atoms with van der Waals surface area (Å²) in [6.45, 7) is 4.93. The predicted molar refractivity (Wildman–Crippen MR) is 95.1 cm³/mol. The Morgan fingerprint density at radius 1 is 1.36 bits per heavy atom. The highest BCUT2D eigenvalue weighted by Gasteiger charge is 2.19. The normalized spacial score (nSPS) is 14.4. The minimum atomic E-state index is -0.127. The van der Waals surface area contributed by atoms with Gasteiger partial charge in [0.2, 0.25) is 5.91 Å². The number of nitrogens with one attached hydrogen (secondary N) is 2. The number of anilines is 1. The van der Waals surface area contributed by atoms with Gasteiger partial charge in [-0.05, 0) is 49.6 Å². The number of hydrogen-bond donors (Lipinski definition) is 2. The van der Waals surface area contributed by atoms with E-state index in [1.165, 1.54) is 0 Å². The van der Waals surface area contributed by atoms with Gasteiger partial charge in [-0.25, -0.2) is 4.79 Å². The van der Waals surface area contributed by atoms with Crippen molar-refractivity contribution in [2.24, 2.45) is 0 Å². The fraction of sp³-hybridized carbons (Fsp3) is 0.368. The molecule has 3 amide bonds. The molecule has 6 nitrogen and oxygen atoms in total. The van der Waals surface area contributed by atoms with Crippen molar-refractivity contribution in [2.75, 3.05) is 11.9 Å². The van der Waals surface area contributed by atoms with Crippen molar-refractivity contribution < 1.29 is 14.0 Å². The molecule has 2 aromatic rings. The van der Waals surface area contributed by atoms with Crippen LogP contribution in [0.1, 0.15) is 43.2 Å². The average molecular weight is 341 g/mol. The van der Waals surface area contributed by atoms with E-state index in [1.807, 2.05) is 38.1 Å². The molecule has 0 aliphatic carbocycles. The summed E-state index contributed by atoms with van der Waals surface area (Å²) < 4.78 is 5.32. The molecular formula is C19H23N3O3. The fourth-order valence-corrected chi connectivity index (χ4v) is 2.95. The van der Waals surface area contributed by atoms with Crippen molar-refractivity contribution >= 4 is 17.6 Å². The van der Waals surface area contributed by atoms with Crippen LogP contribution in [0.15, 0.2) is 41.0 Å². The summed E-state index contributed by atoms with van der Waals surface area (Å²) in [5.74, 6) is 0.812. The molecule has 1 atom stereocenters. The van der Waals surface area contributed by atoms with E-state index in [0.717, 1.165) is 29.0 Å². The van der Waals surface area contributed by atoms with Crippen LogP contribution in [0.25, 0.3) is 0 Å². The molecule has 0 fully saturated rings. The number of amides is 3.